The summed E-state index contributed by atoms with van der Waals surface area (Å²) >= 11 is 0. The van der Waals surface area contributed by atoms with Crippen molar-refractivity contribution in [1.29, 1.82) is 0 Å². The van der Waals surface area contributed by atoms with E-state index in [2.05, 4.69) is 5.32 Å². The van der Waals surface area contributed by atoms with Crippen LogP contribution < -0.4 is 5.32 Å². The molecule has 2 aromatic rings. The summed E-state index contributed by atoms with van der Waals surface area (Å²) < 4.78 is 0. The van der Waals surface area contributed by atoms with Gasteiger partial charge >= 0.3 is 0 Å². The van der Waals surface area contributed by atoms with Crippen LogP contribution in [0.2, 0.25) is 0 Å². The smallest absolute Gasteiger partial charge is 0.256 e. The van der Waals surface area contributed by atoms with Crippen molar-refractivity contribution in [2.45, 2.75) is 13.5 Å². The van der Waals surface area contributed by atoms with Gasteiger partial charge in [0.05, 0.1) is 5.56 Å². The van der Waals surface area contributed by atoms with E-state index in [0.717, 1.165) is 11.3 Å². The number of hydrogen-bond donors (Lipinski definition) is 2. The van der Waals surface area contributed by atoms with Gasteiger partial charge in [0.25, 0.3) is 5.91 Å². The van der Waals surface area contributed by atoms with Crippen molar-refractivity contribution in [3.63, 3.8) is 0 Å². The topological polar surface area (TPSA) is 52.6 Å². The first-order chi connectivity index (χ1) is 11.2. The molecule has 23 heavy (non-hydrogen) atoms. The average molecular weight is 312 g/mol. The molecule has 2 N–H and O–H groups in total. The minimum Gasteiger partial charge on any atom is -0.396 e. The number of benzene rings is 2. The summed E-state index contributed by atoms with van der Waals surface area (Å²) in [4.78, 5) is 14.8. The lowest BCUT2D eigenvalue weighted by molar-refractivity contribution is 0.0695. The van der Waals surface area contributed by atoms with E-state index in [9.17, 15) is 9.90 Å². The number of para-hydroxylation sites is 1. The lowest BCUT2D eigenvalue weighted by Gasteiger charge is -2.26. The molecule has 4 heteroatoms. The molecular formula is C19H24N2O2. The molecule has 0 aliphatic carbocycles. The Morgan fingerprint density at radius 3 is 2.43 bits per heavy atom. The van der Waals surface area contributed by atoms with Crippen LogP contribution in [0, 0.1) is 5.92 Å². The van der Waals surface area contributed by atoms with Gasteiger partial charge in [0, 0.05) is 32.4 Å². The molecule has 0 heterocycles. The highest BCUT2D eigenvalue weighted by Crippen LogP contribution is 2.19. The molecule has 0 unspecified atom stereocenters. The van der Waals surface area contributed by atoms with Gasteiger partial charge in [-0.05, 0) is 23.6 Å². The number of nitrogens with one attached hydrogen (secondary N) is 1. The summed E-state index contributed by atoms with van der Waals surface area (Å²) in [6.07, 6.45) is 0. The number of rotatable bonds is 7. The predicted octanol–water partition coefficient (Wildman–Crippen LogP) is 3.00. The molecule has 0 radical (unpaired) electrons. The number of carbonyl (C=O) groups excluding carboxylic acids is 1. The van der Waals surface area contributed by atoms with Gasteiger partial charge in [0.2, 0.25) is 0 Å². The number of amides is 1. The highest BCUT2D eigenvalue weighted by molar-refractivity contribution is 5.99. The minimum absolute atomic E-state index is 0.0286. The Hall–Kier alpha value is -2.33. The number of hydrogen-bond acceptors (Lipinski definition) is 3. The number of aliphatic hydroxyl groups excluding tert-OH is 1. The van der Waals surface area contributed by atoms with Crippen LogP contribution in [0.4, 0.5) is 5.69 Å². The Morgan fingerprint density at radius 1 is 1.13 bits per heavy atom. The summed E-state index contributed by atoms with van der Waals surface area (Å²) in [7, 11) is 1.81. The van der Waals surface area contributed by atoms with Crippen LogP contribution in [-0.4, -0.2) is 36.1 Å². The van der Waals surface area contributed by atoms with E-state index in [4.69, 9.17) is 0 Å². The fraction of sp³-hybridized carbons (Fsp3) is 0.316. The first-order valence-electron chi connectivity index (χ1n) is 7.86. The Kier molecular flexibility index (Phi) is 6.18. The van der Waals surface area contributed by atoms with Crippen molar-refractivity contribution in [2.24, 2.45) is 5.92 Å². The van der Waals surface area contributed by atoms with Crippen molar-refractivity contribution in [1.82, 2.24) is 4.90 Å². The van der Waals surface area contributed by atoms with Gasteiger partial charge in [0.1, 0.15) is 0 Å². The van der Waals surface area contributed by atoms with Crippen LogP contribution in [0.25, 0.3) is 0 Å². The Balaban J connectivity index is 2.26. The van der Waals surface area contributed by atoms with Crippen LogP contribution in [0.3, 0.4) is 0 Å². The number of anilines is 1. The zero-order chi connectivity index (χ0) is 16.7. The molecule has 0 aliphatic rings. The van der Waals surface area contributed by atoms with E-state index < -0.39 is 0 Å². The molecule has 4 nitrogen and oxygen atoms in total. The Labute approximate surface area is 137 Å². The van der Waals surface area contributed by atoms with Crippen molar-refractivity contribution >= 4 is 11.6 Å². The van der Waals surface area contributed by atoms with Crippen molar-refractivity contribution in [2.75, 3.05) is 25.5 Å². The first-order valence-corrected chi connectivity index (χ1v) is 7.86. The summed E-state index contributed by atoms with van der Waals surface area (Å²) in [5.74, 6) is 0.00325. The summed E-state index contributed by atoms with van der Waals surface area (Å²) in [6, 6.07) is 17.4. The summed E-state index contributed by atoms with van der Waals surface area (Å²) in [5.41, 5.74) is 2.54. The summed E-state index contributed by atoms with van der Waals surface area (Å²) in [5, 5.41) is 12.4. The van der Waals surface area contributed by atoms with E-state index in [1.54, 1.807) is 4.90 Å². The third kappa shape index (κ3) is 4.57. The molecule has 0 spiro atoms. The molecule has 0 fully saturated rings. The van der Waals surface area contributed by atoms with Gasteiger partial charge < -0.3 is 15.3 Å². The van der Waals surface area contributed by atoms with E-state index in [1.807, 2.05) is 68.6 Å². The van der Waals surface area contributed by atoms with E-state index in [1.165, 1.54) is 0 Å². The fourth-order valence-corrected chi connectivity index (χ4v) is 2.51. The molecule has 0 saturated carbocycles. The van der Waals surface area contributed by atoms with Crippen molar-refractivity contribution in [3.05, 3.63) is 65.7 Å². The molecule has 0 saturated heterocycles. The molecule has 122 valence electrons. The SMILES string of the molecule is CNc1ccccc1C(=O)N(Cc1ccccc1)C[C@@H](C)CO. The summed E-state index contributed by atoms with van der Waals surface area (Å²) in [6.45, 7) is 3.05. The number of nitrogens with zero attached hydrogens (tertiary/aromatic N) is 1. The van der Waals surface area contributed by atoms with E-state index in [-0.39, 0.29) is 18.4 Å². The van der Waals surface area contributed by atoms with Gasteiger partial charge in [-0.3, -0.25) is 4.79 Å². The van der Waals surface area contributed by atoms with Crippen LogP contribution in [0.5, 0.6) is 0 Å². The molecule has 1 amide bonds. The van der Waals surface area contributed by atoms with Gasteiger partial charge in [-0.2, -0.15) is 0 Å². The van der Waals surface area contributed by atoms with Gasteiger partial charge in [-0.1, -0.05) is 49.4 Å². The van der Waals surface area contributed by atoms with Gasteiger partial charge in [0.15, 0.2) is 0 Å². The van der Waals surface area contributed by atoms with Crippen molar-refractivity contribution < 1.29 is 9.90 Å². The normalized spacial score (nSPS) is 11.8. The molecule has 0 aromatic heterocycles. The molecular weight excluding hydrogens is 288 g/mol. The highest BCUT2D eigenvalue weighted by Gasteiger charge is 2.20. The third-order valence-corrected chi connectivity index (χ3v) is 3.77. The zero-order valence-electron chi connectivity index (χ0n) is 13.7. The maximum Gasteiger partial charge on any atom is 0.256 e. The maximum absolute atomic E-state index is 13.0. The lowest BCUT2D eigenvalue weighted by Crippen LogP contribution is -2.35. The fourth-order valence-electron chi connectivity index (χ4n) is 2.51. The monoisotopic (exact) mass is 312 g/mol. The van der Waals surface area contributed by atoms with Crippen molar-refractivity contribution in [3.8, 4) is 0 Å². The quantitative estimate of drug-likeness (QED) is 0.826. The van der Waals surface area contributed by atoms with Crippen LogP contribution >= 0.6 is 0 Å². The number of carbonyl (C=O) groups is 1. The van der Waals surface area contributed by atoms with Crippen LogP contribution in [-0.2, 0) is 6.54 Å². The van der Waals surface area contributed by atoms with Gasteiger partial charge in [-0.15, -0.1) is 0 Å². The Bertz CT molecular complexity index is 628. The lowest BCUT2D eigenvalue weighted by atomic mass is 10.1. The number of aliphatic hydroxyl groups is 1. The predicted molar refractivity (Wildman–Crippen MR) is 93.4 cm³/mol. The minimum atomic E-state index is -0.0286. The van der Waals surface area contributed by atoms with Gasteiger partial charge in [-0.25, -0.2) is 0 Å². The second-order valence-electron chi connectivity index (χ2n) is 5.75. The van der Waals surface area contributed by atoms with Crippen LogP contribution in [0.15, 0.2) is 54.6 Å². The zero-order valence-corrected chi connectivity index (χ0v) is 13.7. The van der Waals surface area contributed by atoms with E-state index >= 15 is 0 Å². The Morgan fingerprint density at radius 2 is 1.78 bits per heavy atom. The van der Waals surface area contributed by atoms with E-state index in [0.29, 0.717) is 18.7 Å². The molecule has 2 aromatic carbocycles. The maximum atomic E-state index is 13.0. The average Bonchev–Trinajstić information content (AvgIpc) is 2.61. The highest BCUT2D eigenvalue weighted by atomic mass is 16.3. The van der Waals surface area contributed by atoms with Crippen LogP contribution in [0.1, 0.15) is 22.8 Å². The molecule has 1 atom stereocenters. The standard InChI is InChI=1S/C19H24N2O2/c1-15(14-22)12-21(13-16-8-4-3-5-9-16)19(23)17-10-6-7-11-18(17)20-2/h3-11,15,20,22H,12-14H2,1-2H3/t15-/m1/s1. The molecule has 2 rings (SSSR count). The second-order valence-corrected chi connectivity index (χ2v) is 5.75. The molecule has 0 aliphatic heterocycles. The molecule has 0 bridgehead atoms. The first kappa shape index (κ1) is 17.0. The largest absolute Gasteiger partial charge is 0.396 e. The second kappa shape index (κ2) is 8.34. The third-order valence-electron chi connectivity index (χ3n) is 3.77.